The van der Waals surface area contributed by atoms with Crippen molar-refractivity contribution in [3.8, 4) is 57.1 Å². The molecule has 644 valence electrons. The Labute approximate surface area is 692 Å². The van der Waals surface area contributed by atoms with Crippen LogP contribution in [0.3, 0.4) is 0 Å². The summed E-state index contributed by atoms with van der Waals surface area (Å²) < 4.78 is 52.9. The smallest absolute Gasteiger partial charge is 0.330 e. The van der Waals surface area contributed by atoms with Gasteiger partial charge in [0.2, 0.25) is 53.4 Å². The van der Waals surface area contributed by atoms with Gasteiger partial charge in [-0.3, -0.25) is 33.6 Å². The summed E-state index contributed by atoms with van der Waals surface area (Å²) in [6, 6.07) is -0.150. The number of halogens is 2. The summed E-state index contributed by atoms with van der Waals surface area (Å²) in [7, 11) is 1.48. The number of nitrogens with one attached hydrogen (secondary N) is 8. The van der Waals surface area contributed by atoms with Gasteiger partial charge < -0.3 is 143 Å². The Morgan fingerprint density at radius 3 is 1.92 bits per heavy atom. The minimum Gasteiger partial charge on any atom is -0.508 e. The normalized spacial score (nSPS) is 33.6. The van der Waals surface area contributed by atoms with E-state index in [0.29, 0.717) is 24.3 Å². The van der Waals surface area contributed by atoms with Crippen LogP contribution in [-0.4, -0.2) is 222 Å². The lowest BCUT2D eigenvalue weighted by molar-refractivity contribution is -0.334. The van der Waals surface area contributed by atoms with Crippen molar-refractivity contribution in [1.82, 2.24) is 42.5 Å². The third-order valence-corrected chi connectivity index (χ3v) is 24.3. The van der Waals surface area contributed by atoms with Crippen LogP contribution in [0.2, 0.25) is 10.0 Å². The number of phenolic OH excluding ortho intramolecular Hbond substituents is 3. The Bertz CT molecular complexity index is 4720. The van der Waals surface area contributed by atoms with Gasteiger partial charge in [0.15, 0.2) is 36.2 Å². The van der Waals surface area contributed by atoms with Crippen molar-refractivity contribution in [2.24, 2.45) is 35.1 Å². The molecule has 8 heterocycles. The number of likely N-dealkylation sites (N-methyl/N-ethyl adjacent to an activating group) is 1. The fraction of sp³-hybridized carbons (Fsp3) is 0.531. The first-order valence-electron chi connectivity index (χ1n) is 39.3. The molecule has 38 heteroatoms. The number of carboxylic acid groups (broad SMARTS) is 1. The molecule has 36 nitrogen and oxygen atoms in total. The van der Waals surface area contributed by atoms with Crippen LogP contribution >= 0.6 is 23.2 Å². The lowest BCUT2D eigenvalue weighted by Crippen LogP contribution is -2.66. The Hall–Kier alpha value is -9.32. The van der Waals surface area contributed by atoms with Crippen LogP contribution in [-0.2, 0) is 62.0 Å². The third kappa shape index (κ3) is 18.5. The van der Waals surface area contributed by atoms with Crippen molar-refractivity contribution in [2.45, 2.75) is 226 Å². The molecular weight excluding hydrogens is 1600 g/mol. The summed E-state index contributed by atoms with van der Waals surface area (Å²) in [4.78, 5) is 121. The number of ether oxygens (including phenoxy) is 8. The molecule has 2 saturated carbocycles. The predicted molar refractivity (Wildman–Crippen MR) is 418 cm³/mol. The predicted octanol–water partition coefficient (Wildman–Crippen LogP) is 2.41. The number of carbonyl (C=O) groups excluding carboxylic acids is 7. The van der Waals surface area contributed by atoms with Gasteiger partial charge in [0.25, 0.3) is 0 Å². The number of fused-ring (bicyclic) bond motifs is 17. The van der Waals surface area contributed by atoms with Gasteiger partial charge in [0, 0.05) is 46.7 Å². The zero-order valence-corrected chi connectivity index (χ0v) is 67.4. The number of phenols is 3. The maximum atomic E-state index is 16.5. The van der Waals surface area contributed by atoms with E-state index >= 15 is 24.0 Å². The lowest BCUT2D eigenvalue weighted by Gasteiger charge is -2.49. The molecule has 13 bridgehead atoms. The summed E-state index contributed by atoms with van der Waals surface area (Å²) in [5.41, 5.74) is 7.23. The minimum absolute atomic E-state index is 0.0768. The molecule has 15 rings (SSSR count). The molecular formula is C81H100Cl2N10O26. The number of aromatic hydroxyl groups is 3. The molecule has 2 aliphatic carbocycles. The Morgan fingerprint density at radius 1 is 0.681 bits per heavy atom. The van der Waals surface area contributed by atoms with Gasteiger partial charge in [-0.05, 0) is 167 Å². The number of nitrogens with two attached hydrogens (primary N) is 2. The van der Waals surface area contributed by atoms with E-state index in [1.165, 1.54) is 51.2 Å². The minimum atomic E-state index is -2.37. The van der Waals surface area contributed by atoms with Crippen LogP contribution in [0.1, 0.15) is 151 Å². The van der Waals surface area contributed by atoms with Gasteiger partial charge in [-0.15, -0.1) is 0 Å². The second-order valence-electron chi connectivity index (χ2n) is 33.0. The number of aliphatic hydroxyl groups is 6. The average molecular weight is 1700 g/mol. The monoisotopic (exact) mass is 1700 g/mol. The van der Waals surface area contributed by atoms with Crippen LogP contribution in [0, 0.1) is 23.7 Å². The second-order valence-corrected chi connectivity index (χ2v) is 33.8. The Balaban J connectivity index is 1.03. The number of amides is 7. The quantitative estimate of drug-likeness (QED) is 0.0599. The average Bonchev–Trinajstić information content (AvgIpc) is 1.04. The SMILES string of the molecule is CN[C@H](CC(C)C)C(=O)N[C@H]1C(=O)N[C@@H](CC(N)=O)C(=O)N[C@H]2C(=O)N[C@H]3C(=O)N[C@H](C(=O)N[C@H](C(=O)O)c4cc(O)cc(O)c4-c4cc3ccc4O)[C@H](O[C@H]3C[C@](C)(N)[C@@H](O)[C@H](C)O3)c3ccc(c(Cl)c3)Oc3cc2cc(c3O[C@@H]2O[C@H](CO)[C@@H](O)[C@H](O)[C@H]2O[C@H]2C[C@](C)(NCC3C[C@@H]4CC[C@H]3C4)[C@@H](O)[C@H](C)O2)Oc2ccc(cc2Cl)[C@H]1O. The summed E-state index contributed by atoms with van der Waals surface area (Å²) in [5.74, 6) is -14.4. The fourth-order valence-corrected chi connectivity index (χ4v) is 17.8. The first kappa shape index (κ1) is 87.5. The summed E-state index contributed by atoms with van der Waals surface area (Å²) in [5, 5.41) is 137. The van der Waals surface area contributed by atoms with Gasteiger partial charge >= 0.3 is 5.97 Å². The molecule has 25 atom stereocenters. The zero-order chi connectivity index (χ0) is 85.9. The molecule has 7 amide bonds. The molecule has 5 aromatic rings. The van der Waals surface area contributed by atoms with Gasteiger partial charge in [0.1, 0.15) is 89.5 Å². The van der Waals surface area contributed by atoms with E-state index in [-0.39, 0.29) is 58.4 Å². The summed E-state index contributed by atoms with van der Waals surface area (Å²) in [6.45, 7) is 9.62. The largest absolute Gasteiger partial charge is 0.508 e. The first-order chi connectivity index (χ1) is 56.3. The number of primary amides is 1. The maximum absolute atomic E-state index is 16.5. The molecule has 10 aliphatic rings. The highest BCUT2D eigenvalue weighted by atomic mass is 35.5. The lowest BCUT2D eigenvalue weighted by atomic mass is 9.83. The fourth-order valence-electron chi connectivity index (χ4n) is 17.4. The van der Waals surface area contributed by atoms with Gasteiger partial charge in [0.05, 0.1) is 53.5 Å². The number of aliphatic hydroxyl groups excluding tert-OH is 6. The maximum Gasteiger partial charge on any atom is 0.330 e. The van der Waals surface area contributed by atoms with Crippen molar-refractivity contribution in [1.29, 1.82) is 0 Å². The molecule has 0 radical (unpaired) electrons. The van der Waals surface area contributed by atoms with E-state index in [2.05, 4.69) is 42.5 Å². The zero-order valence-electron chi connectivity index (χ0n) is 65.8. The van der Waals surface area contributed by atoms with Crippen molar-refractivity contribution >= 4 is 70.5 Å². The highest BCUT2D eigenvalue weighted by molar-refractivity contribution is 6.32. The molecule has 3 saturated heterocycles. The third-order valence-electron chi connectivity index (χ3n) is 23.8. The molecule has 8 aliphatic heterocycles. The van der Waals surface area contributed by atoms with Crippen LogP contribution in [0.4, 0.5) is 0 Å². The standard InChI is InChI=1S/C81H100Cl2N10O26/c1-31(2)16-46(86-7)72(104)92-62-64(99)37-11-14-50(44(82)20-37)114-52-22-39-23-53(68(52)119-79-69(66(101)65(100)54(30-94)116-79)118-57-28-81(6,71(103)33(4)113-57)87-29-40-18-34-8-9-35(40)17-34)115-51-15-12-38(21-45(51)83)67(117-56-27-80(5,85)70(102)32(3)112-56)63-77(109)91-61(78(110)111)43-24-41(95)25-49(97)58(43)42-19-36(10-13-48(42)96)59(74(106)93-63)90-75(107)60(39)89-73(105)47(26-55(84)98)88-76(62)108/h10-15,19-25,31-35,40,46-47,54,56-57,59-67,69-71,79,86-87,94-97,99-103H,8-9,16-18,26-30,85H2,1-7H3,(H2,84,98)(H,88,108)(H,89,105)(H,90,107)(H,91,109)(H,92,104)(H,93,106)(H,110,111)/t32-,33-,34+,35-,40?,46+,47-,54+,56-,57-,59+,60+,61-,62+,63-,64+,65+,66-,67+,69+,70-,71-,79-,80-,81-/m0/s1. The molecule has 119 heavy (non-hydrogen) atoms. The first-order valence-corrected chi connectivity index (χ1v) is 40.1. The number of aliphatic carboxylic acids is 1. The van der Waals surface area contributed by atoms with Gasteiger partial charge in [-0.1, -0.05) is 61.7 Å². The van der Waals surface area contributed by atoms with Crippen molar-refractivity contribution in [3.05, 3.63) is 117 Å². The van der Waals surface area contributed by atoms with E-state index < -0.39 is 255 Å². The number of carboxylic acids is 1. The summed E-state index contributed by atoms with van der Waals surface area (Å²) >= 11 is 14.6. The number of hydrogen-bond acceptors (Lipinski definition) is 28. The molecule has 5 fully saturated rings. The number of rotatable bonds is 18. The highest BCUT2D eigenvalue weighted by Gasteiger charge is 2.54. The summed E-state index contributed by atoms with van der Waals surface area (Å²) in [6.07, 6.45) is -17.8. The number of hydrogen-bond donors (Lipinski definition) is 20. The number of benzene rings is 5. The van der Waals surface area contributed by atoms with E-state index in [0.717, 1.165) is 74.2 Å². The van der Waals surface area contributed by atoms with Crippen LogP contribution < -0.4 is 68.2 Å². The van der Waals surface area contributed by atoms with Crippen LogP contribution in [0.15, 0.2) is 78.9 Å². The van der Waals surface area contributed by atoms with E-state index in [1.807, 2.05) is 13.8 Å². The van der Waals surface area contributed by atoms with Crippen LogP contribution in [0.25, 0.3) is 11.1 Å². The molecule has 0 aromatic heterocycles. The van der Waals surface area contributed by atoms with E-state index in [4.69, 9.17) is 72.6 Å². The van der Waals surface area contributed by atoms with Crippen LogP contribution in [0.5, 0.6) is 46.0 Å². The molecule has 0 spiro atoms. The Morgan fingerprint density at radius 2 is 1.31 bits per heavy atom. The van der Waals surface area contributed by atoms with Crippen molar-refractivity contribution < 1.29 is 127 Å². The molecule has 1 unspecified atom stereocenters. The molecule has 5 aromatic carbocycles. The van der Waals surface area contributed by atoms with Crippen molar-refractivity contribution in [2.75, 3.05) is 20.2 Å². The number of carbonyl (C=O) groups is 8. The molecule has 22 N–H and O–H groups in total. The van der Waals surface area contributed by atoms with Gasteiger partial charge in [-0.2, -0.15) is 0 Å². The van der Waals surface area contributed by atoms with E-state index in [9.17, 15) is 65.4 Å². The Kier molecular flexibility index (Phi) is 26.0. The van der Waals surface area contributed by atoms with E-state index in [1.54, 1.807) is 13.8 Å². The topological polar surface area (TPSA) is 561 Å². The highest BCUT2D eigenvalue weighted by Crippen LogP contribution is 2.52. The second kappa shape index (κ2) is 35.4. The van der Waals surface area contributed by atoms with Crippen molar-refractivity contribution in [3.63, 3.8) is 0 Å². The van der Waals surface area contributed by atoms with Gasteiger partial charge in [-0.25, -0.2) is 4.79 Å².